The third kappa shape index (κ3) is 3.46. The fourth-order valence-corrected chi connectivity index (χ4v) is 2.72. The molecule has 0 heterocycles. The number of fused-ring (bicyclic) bond motifs is 1. The zero-order valence-electron chi connectivity index (χ0n) is 12.3. The predicted octanol–water partition coefficient (Wildman–Crippen LogP) is 4.57. The number of hydrogen-bond acceptors (Lipinski definition) is 2. The largest absolute Gasteiger partial charge is 0.478 e. The molecule has 0 aliphatic carbocycles. The van der Waals surface area contributed by atoms with Gasteiger partial charge in [0.1, 0.15) is 5.75 Å². The number of carbonyl (C=O) groups is 1. The van der Waals surface area contributed by atoms with Gasteiger partial charge >= 0.3 is 5.97 Å². The number of carboxylic acids is 1. The second-order valence-corrected chi connectivity index (χ2v) is 5.62. The van der Waals surface area contributed by atoms with Crippen molar-refractivity contribution in [1.82, 2.24) is 0 Å². The van der Waals surface area contributed by atoms with Crippen LogP contribution in [0.5, 0.6) is 5.75 Å². The molecule has 3 aromatic rings. The first-order valence-electron chi connectivity index (χ1n) is 7.26. The van der Waals surface area contributed by atoms with Gasteiger partial charge in [0.15, 0.2) is 6.10 Å². The van der Waals surface area contributed by atoms with Gasteiger partial charge in [0, 0.05) is 6.42 Å². The molecule has 0 aromatic heterocycles. The van der Waals surface area contributed by atoms with E-state index in [2.05, 4.69) is 0 Å². The van der Waals surface area contributed by atoms with Gasteiger partial charge in [-0.15, -0.1) is 0 Å². The predicted molar refractivity (Wildman–Crippen MR) is 91.2 cm³/mol. The molecular formula is C19H15ClO3. The highest BCUT2D eigenvalue weighted by molar-refractivity contribution is 6.32. The van der Waals surface area contributed by atoms with Crippen LogP contribution in [0.4, 0.5) is 0 Å². The summed E-state index contributed by atoms with van der Waals surface area (Å²) >= 11 is 6.05. The smallest absolute Gasteiger partial charge is 0.345 e. The van der Waals surface area contributed by atoms with Gasteiger partial charge in [-0.1, -0.05) is 66.2 Å². The molecule has 1 unspecified atom stereocenters. The Balaban J connectivity index is 1.90. The monoisotopic (exact) mass is 326 g/mol. The van der Waals surface area contributed by atoms with E-state index in [1.165, 1.54) is 0 Å². The second-order valence-electron chi connectivity index (χ2n) is 5.22. The Bertz CT molecular complexity index is 839. The topological polar surface area (TPSA) is 46.5 Å². The van der Waals surface area contributed by atoms with Crippen molar-refractivity contribution in [3.05, 3.63) is 77.3 Å². The Labute approximate surface area is 139 Å². The molecule has 0 radical (unpaired) electrons. The summed E-state index contributed by atoms with van der Waals surface area (Å²) < 4.78 is 5.63. The highest BCUT2D eigenvalue weighted by Crippen LogP contribution is 2.26. The molecule has 0 amide bonds. The van der Waals surface area contributed by atoms with E-state index < -0.39 is 12.1 Å². The molecule has 0 bridgehead atoms. The first kappa shape index (κ1) is 15.4. The molecule has 0 saturated carbocycles. The fourth-order valence-electron chi connectivity index (χ4n) is 2.54. The standard InChI is InChI=1S/C19H15ClO3/c20-16-10-3-4-11-17(16)23-18(19(21)22)12-14-8-5-7-13-6-1-2-9-15(13)14/h1-11,18H,12H2,(H,21,22). The van der Waals surface area contributed by atoms with Gasteiger partial charge in [-0.05, 0) is 28.5 Å². The van der Waals surface area contributed by atoms with Crippen LogP contribution in [0.2, 0.25) is 5.02 Å². The zero-order chi connectivity index (χ0) is 16.2. The number of rotatable bonds is 5. The first-order valence-corrected chi connectivity index (χ1v) is 7.63. The molecular weight excluding hydrogens is 312 g/mol. The number of ether oxygens (including phenoxy) is 1. The molecule has 23 heavy (non-hydrogen) atoms. The molecule has 1 atom stereocenters. The van der Waals surface area contributed by atoms with Gasteiger partial charge in [-0.25, -0.2) is 4.79 Å². The van der Waals surface area contributed by atoms with E-state index in [1.54, 1.807) is 24.3 Å². The van der Waals surface area contributed by atoms with Gasteiger partial charge in [-0.2, -0.15) is 0 Å². The Kier molecular flexibility index (Phi) is 4.49. The van der Waals surface area contributed by atoms with Crippen LogP contribution in [0.15, 0.2) is 66.7 Å². The molecule has 3 aromatic carbocycles. The SMILES string of the molecule is O=C(O)C(Cc1cccc2ccccc12)Oc1ccccc1Cl. The molecule has 3 rings (SSSR count). The molecule has 0 saturated heterocycles. The molecule has 0 aliphatic heterocycles. The number of carboxylic acid groups (broad SMARTS) is 1. The summed E-state index contributed by atoms with van der Waals surface area (Å²) in [5.74, 6) is -0.639. The zero-order valence-corrected chi connectivity index (χ0v) is 13.0. The van der Waals surface area contributed by atoms with Gasteiger partial charge in [0.2, 0.25) is 0 Å². The second kappa shape index (κ2) is 6.71. The van der Waals surface area contributed by atoms with Crippen LogP contribution in [0, 0.1) is 0 Å². The Morgan fingerprint density at radius 3 is 2.48 bits per heavy atom. The van der Waals surface area contributed by atoms with Crippen molar-refractivity contribution < 1.29 is 14.6 Å². The average Bonchev–Trinajstić information content (AvgIpc) is 2.56. The molecule has 116 valence electrons. The van der Waals surface area contributed by atoms with Crippen molar-refractivity contribution in [2.24, 2.45) is 0 Å². The van der Waals surface area contributed by atoms with Crippen molar-refractivity contribution >= 4 is 28.3 Å². The van der Waals surface area contributed by atoms with E-state index in [9.17, 15) is 9.90 Å². The van der Waals surface area contributed by atoms with Gasteiger partial charge in [0.25, 0.3) is 0 Å². The quantitative estimate of drug-likeness (QED) is 0.747. The highest BCUT2D eigenvalue weighted by Gasteiger charge is 2.22. The summed E-state index contributed by atoms with van der Waals surface area (Å²) in [6.45, 7) is 0. The Hall–Kier alpha value is -2.52. The minimum Gasteiger partial charge on any atom is -0.478 e. The summed E-state index contributed by atoms with van der Waals surface area (Å²) in [5.41, 5.74) is 0.933. The summed E-state index contributed by atoms with van der Waals surface area (Å²) in [6, 6.07) is 20.6. The van der Waals surface area contributed by atoms with E-state index >= 15 is 0 Å². The van der Waals surface area contributed by atoms with Crippen LogP contribution in [0.25, 0.3) is 10.8 Å². The number of hydrogen-bond donors (Lipinski definition) is 1. The van der Waals surface area contributed by atoms with Crippen molar-refractivity contribution in [3.8, 4) is 5.75 Å². The normalized spacial score (nSPS) is 12.0. The maximum Gasteiger partial charge on any atom is 0.345 e. The molecule has 0 spiro atoms. The van der Waals surface area contributed by atoms with E-state index in [1.807, 2.05) is 42.5 Å². The van der Waals surface area contributed by atoms with Crippen molar-refractivity contribution in [2.45, 2.75) is 12.5 Å². The van der Waals surface area contributed by atoms with Gasteiger partial charge in [-0.3, -0.25) is 0 Å². The summed E-state index contributed by atoms with van der Waals surface area (Å²) in [5, 5.41) is 12.0. The number of aliphatic carboxylic acids is 1. The highest BCUT2D eigenvalue weighted by atomic mass is 35.5. The molecule has 1 N–H and O–H groups in total. The Morgan fingerprint density at radius 1 is 1.00 bits per heavy atom. The van der Waals surface area contributed by atoms with Crippen LogP contribution in [0.3, 0.4) is 0 Å². The van der Waals surface area contributed by atoms with Gasteiger partial charge in [0.05, 0.1) is 5.02 Å². The minimum absolute atomic E-state index is 0.266. The van der Waals surface area contributed by atoms with E-state index in [0.29, 0.717) is 10.8 Å². The lowest BCUT2D eigenvalue weighted by molar-refractivity contribution is -0.145. The lowest BCUT2D eigenvalue weighted by atomic mass is 10.00. The molecule has 4 heteroatoms. The Morgan fingerprint density at radius 2 is 1.70 bits per heavy atom. The fraction of sp³-hybridized carbons (Fsp3) is 0.105. The van der Waals surface area contributed by atoms with E-state index in [-0.39, 0.29) is 6.42 Å². The number of halogens is 1. The lowest BCUT2D eigenvalue weighted by Crippen LogP contribution is -2.29. The summed E-state index contributed by atoms with van der Waals surface area (Å²) in [4.78, 5) is 11.6. The maximum absolute atomic E-state index is 11.6. The average molecular weight is 327 g/mol. The van der Waals surface area contributed by atoms with Crippen LogP contribution < -0.4 is 4.74 Å². The summed E-state index contributed by atoms with van der Waals surface area (Å²) in [6.07, 6.45) is -0.734. The number of para-hydroxylation sites is 1. The third-order valence-electron chi connectivity index (χ3n) is 3.67. The van der Waals surface area contributed by atoms with Crippen LogP contribution in [0.1, 0.15) is 5.56 Å². The van der Waals surface area contributed by atoms with Crippen molar-refractivity contribution in [1.29, 1.82) is 0 Å². The van der Waals surface area contributed by atoms with E-state index in [0.717, 1.165) is 16.3 Å². The first-order chi connectivity index (χ1) is 11.1. The van der Waals surface area contributed by atoms with Crippen LogP contribution in [-0.4, -0.2) is 17.2 Å². The maximum atomic E-state index is 11.6. The van der Waals surface area contributed by atoms with Gasteiger partial charge < -0.3 is 9.84 Å². The lowest BCUT2D eigenvalue weighted by Gasteiger charge is -2.17. The van der Waals surface area contributed by atoms with Crippen LogP contribution in [-0.2, 0) is 11.2 Å². The molecule has 0 aliphatic rings. The van der Waals surface area contributed by atoms with E-state index in [4.69, 9.17) is 16.3 Å². The molecule has 3 nitrogen and oxygen atoms in total. The van der Waals surface area contributed by atoms with Crippen molar-refractivity contribution in [2.75, 3.05) is 0 Å². The number of benzene rings is 3. The third-order valence-corrected chi connectivity index (χ3v) is 3.98. The molecule has 0 fully saturated rings. The minimum atomic E-state index is -1.02. The van der Waals surface area contributed by atoms with Crippen LogP contribution >= 0.6 is 11.6 Å². The van der Waals surface area contributed by atoms with Crippen molar-refractivity contribution in [3.63, 3.8) is 0 Å². The summed E-state index contributed by atoms with van der Waals surface area (Å²) in [7, 11) is 0.